The molecule has 0 bridgehead atoms. The maximum absolute atomic E-state index is 11.4. The Morgan fingerprint density at radius 2 is 2.04 bits per heavy atom. The average molecular weight is 354 g/mol. The Kier molecular flexibility index (Phi) is 4.85. The normalized spacial score (nSPS) is 11.8. The number of nitrogens with one attached hydrogen (secondary N) is 2. The monoisotopic (exact) mass is 354 g/mol. The summed E-state index contributed by atoms with van der Waals surface area (Å²) in [4.78, 5) is 22.6. The van der Waals surface area contributed by atoms with E-state index in [2.05, 4.69) is 15.5 Å². The van der Waals surface area contributed by atoms with Gasteiger partial charge in [0.25, 0.3) is 5.89 Å². The number of anilines is 2. The second-order valence-electron chi connectivity index (χ2n) is 5.75. The minimum absolute atomic E-state index is 0.181. The quantitative estimate of drug-likeness (QED) is 0.479. The molecule has 26 heavy (non-hydrogen) atoms. The van der Waals surface area contributed by atoms with Crippen molar-refractivity contribution in [2.75, 3.05) is 5.32 Å². The van der Waals surface area contributed by atoms with Crippen LogP contribution in [0.2, 0.25) is 0 Å². The zero-order chi connectivity index (χ0) is 18.7. The summed E-state index contributed by atoms with van der Waals surface area (Å²) in [6.45, 7) is 3.03. The van der Waals surface area contributed by atoms with E-state index in [0.29, 0.717) is 16.3 Å². The minimum atomic E-state index is -0.627. The van der Waals surface area contributed by atoms with Crippen molar-refractivity contribution < 1.29 is 14.4 Å². The van der Waals surface area contributed by atoms with Gasteiger partial charge < -0.3 is 9.73 Å². The molecule has 1 amide bonds. The molecule has 1 unspecified atom stereocenters. The van der Waals surface area contributed by atoms with E-state index in [-0.39, 0.29) is 5.89 Å². The van der Waals surface area contributed by atoms with Crippen LogP contribution in [0.1, 0.15) is 25.5 Å². The molecule has 8 heteroatoms. The molecule has 0 radical (unpaired) electrons. The zero-order valence-electron chi connectivity index (χ0n) is 14.3. The summed E-state index contributed by atoms with van der Waals surface area (Å²) in [6.07, 6.45) is 0. The number of carbonyl (C=O) groups is 1. The molecule has 0 saturated heterocycles. The number of benzene rings is 2. The van der Waals surface area contributed by atoms with E-state index in [1.165, 1.54) is 6.92 Å². The molecule has 8 nitrogen and oxygen atoms in total. The van der Waals surface area contributed by atoms with E-state index >= 15 is 0 Å². The largest absolute Gasteiger partial charge is 0.434 e. The topological polar surface area (TPSA) is 111 Å². The standard InChI is InChI=1S/C18H18N4O4/c1-11(22(25)12(2)23)13-6-5-7-14(10-13)19-16-9-4-3-8-15(16)17-20-21-18(24)26-17/h3-11,19,25H,1-2H3,(H,21,24). The summed E-state index contributed by atoms with van der Waals surface area (Å²) in [7, 11) is 0. The molecule has 0 spiro atoms. The van der Waals surface area contributed by atoms with Gasteiger partial charge in [0.15, 0.2) is 0 Å². The van der Waals surface area contributed by atoms with Gasteiger partial charge in [-0.1, -0.05) is 24.3 Å². The van der Waals surface area contributed by atoms with Crippen LogP contribution >= 0.6 is 0 Å². The van der Waals surface area contributed by atoms with Crippen molar-refractivity contribution in [1.82, 2.24) is 15.3 Å². The first-order valence-electron chi connectivity index (χ1n) is 7.96. The van der Waals surface area contributed by atoms with Crippen LogP contribution in [0, 0.1) is 0 Å². The van der Waals surface area contributed by atoms with Crippen molar-refractivity contribution in [1.29, 1.82) is 0 Å². The first-order valence-corrected chi connectivity index (χ1v) is 7.96. The summed E-state index contributed by atoms with van der Waals surface area (Å²) in [5.41, 5.74) is 2.82. The van der Waals surface area contributed by atoms with Gasteiger partial charge in [0, 0.05) is 12.6 Å². The molecule has 1 heterocycles. The fourth-order valence-electron chi connectivity index (χ4n) is 2.57. The Morgan fingerprint density at radius 1 is 1.27 bits per heavy atom. The lowest BCUT2D eigenvalue weighted by molar-refractivity contribution is -0.172. The van der Waals surface area contributed by atoms with Crippen LogP contribution in [0.5, 0.6) is 0 Å². The van der Waals surface area contributed by atoms with Crippen molar-refractivity contribution in [3.05, 3.63) is 64.6 Å². The lowest BCUT2D eigenvalue weighted by Crippen LogP contribution is -2.27. The highest BCUT2D eigenvalue weighted by atomic mass is 16.5. The Morgan fingerprint density at radius 3 is 2.73 bits per heavy atom. The fraction of sp³-hybridized carbons (Fsp3) is 0.167. The maximum atomic E-state index is 11.4. The predicted octanol–water partition coefficient (Wildman–Crippen LogP) is 3.07. The van der Waals surface area contributed by atoms with Gasteiger partial charge in [0.2, 0.25) is 5.91 Å². The molecule has 1 atom stereocenters. The molecule has 2 aromatic carbocycles. The summed E-state index contributed by atoms with van der Waals surface area (Å²) >= 11 is 0. The molecule has 0 saturated carbocycles. The molecule has 3 aromatic rings. The van der Waals surface area contributed by atoms with Gasteiger partial charge in [-0.25, -0.2) is 15.0 Å². The number of para-hydroxylation sites is 1. The maximum Gasteiger partial charge on any atom is 0.434 e. The second kappa shape index (κ2) is 7.24. The van der Waals surface area contributed by atoms with E-state index < -0.39 is 17.7 Å². The molecular weight excluding hydrogens is 336 g/mol. The number of aromatic amines is 1. The molecular formula is C18H18N4O4. The summed E-state index contributed by atoms with van der Waals surface area (Å²) in [6, 6.07) is 14.1. The Bertz CT molecular complexity index is 979. The number of hydrogen-bond acceptors (Lipinski definition) is 6. The van der Waals surface area contributed by atoms with E-state index in [4.69, 9.17) is 4.42 Å². The van der Waals surface area contributed by atoms with Crippen molar-refractivity contribution in [3.63, 3.8) is 0 Å². The fourth-order valence-corrected chi connectivity index (χ4v) is 2.57. The Labute approximate surface area is 149 Å². The van der Waals surface area contributed by atoms with Crippen molar-refractivity contribution in [2.45, 2.75) is 19.9 Å². The molecule has 0 fully saturated rings. The van der Waals surface area contributed by atoms with Gasteiger partial charge in [0.05, 0.1) is 17.3 Å². The van der Waals surface area contributed by atoms with Gasteiger partial charge in [-0.3, -0.25) is 10.0 Å². The summed E-state index contributed by atoms with van der Waals surface area (Å²) in [5, 5.41) is 19.9. The number of nitrogens with zero attached hydrogens (tertiary/aromatic N) is 2. The average Bonchev–Trinajstić information content (AvgIpc) is 3.07. The number of carbonyl (C=O) groups excluding carboxylic acids is 1. The van der Waals surface area contributed by atoms with Gasteiger partial charge in [0.1, 0.15) is 0 Å². The van der Waals surface area contributed by atoms with Gasteiger partial charge in [-0.05, 0) is 36.8 Å². The van der Waals surface area contributed by atoms with E-state index in [9.17, 15) is 14.8 Å². The van der Waals surface area contributed by atoms with Crippen LogP contribution in [0.3, 0.4) is 0 Å². The first kappa shape index (κ1) is 17.4. The molecule has 0 aliphatic rings. The third-order valence-corrected chi connectivity index (χ3v) is 3.93. The van der Waals surface area contributed by atoms with E-state index in [0.717, 1.165) is 11.3 Å². The van der Waals surface area contributed by atoms with Crippen LogP contribution < -0.4 is 11.1 Å². The number of rotatable bonds is 5. The highest BCUT2D eigenvalue weighted by Crippen LogP contribution is 2.29. The molecule has 1 aromatic heterocycles. The number of hydrogen-bond donors (Lipinski definition) is 3. The zero-order valence-corrected chi connectivity index (χ0v) is 14.3. The van der Waals surface area contributed by atoms with Crippen LogP contribution in [0.4, 0.5) is 11.4 Å². The first-order chi connectivity index (χ1) is 12.5. The molecule has 134 valence electrons. The SMILES string of the molecule is CC(=O)N(O)C(C)c1cccc(Nc2ccccc2-c2n[nH]c(=O)o2)c1. The Balaban J connectivity index is 1.90. The highest BCUT2D eigenvalue weighted by Gasteiger charge is 2.17. The number of aromatic nitrogens is 2. The third kappa shape index (κ3) is 3.65. The van der Waals surface area contributed by atoms with E-state index in [1.54, 1.807) is 13.0 Å². The van der Waals surface area contributed by atoms with Crippen molar-refractivity contribution >= 4 is 17.3 Å². The van der Waals surface area contributed by atoms with Gasteiger partial charge >= 0.3 is 5.76 Å². The molecule has 0 aliphatic carbocycles. The van der Waals surface area contributed by atoms with Crippen molar-refractivity contribution in [3.8, 4) is 11.5 Å². The molecule has 0 aliphatic heterocycles. The summed E-state index contributed by atoms with van der Waals surface area (Å²) in [5.74, 6) is -0.881. The van der Waals surface area contributed by atoms with Crippen LogP contribution in [-0.2, 0) is 4.79 Å². The van der Waals surface area contributed by atoms with Crippen LogP contribution in [-0.4, -0.2) is 26.4 Å². The minimum Gasteiger partial charge on any atom is -0.388 e. The molecule has 3 N–H and O–H groups in total. The van der Waals surface area contributed by atoms with Gasteiger partial charge in [-0.2, -0.15) is 0 Å². The number of amides is 1. The van der Waals surface area contributed by atoms with Crippen molar-refractivity contribution in [2.24, 2.45) is 0 Å². The number of H-pyrrole nitrogens is 1. The second-order valence-corrected chi connectivity index (χ2v) is 5.75. The number of hydroxylamine groups is 2. The van der Waals surface area contributed by atoms with E-state index in [1.807, 2.05) is 42.5 Å². The van der Waals surface area contributed by atoms with Gasteiger partial charge in [-0.15, -0.1) is 5.10 Å². The Hall–Kier alpha value is -3.39. The van der Waals surface area contributed by atoms with Crippen LogP contribution in [0.15, 0.2) is 57.7 Å². The third-order valence-electron chi connectivity index (χ3n) is 3.93. The summed E-state index contributed by atoms with van der Waals surface area (Å²) < 4.78 is 5.03. The molecule has 3 rings (SSSR count). The lowest BCUT2D eigenvalue weighted by Gasteiger charge is -2.22. The smallest absolute Gasteiger partial charge is 0.388 e. The predicted molar refractivity (Wildman–Crippen MR) is 95.0 cm³/mol. The van der Waals surface area contributed by atoms with Crippen LogP contribution in [0.25, 0.3) is 11.5 Å². The lowest BCUT2D eigenvalue weighted by atomic mass is 10.1. The highest BCUT2D eigenvalue weighted by molar-refractivity contribution is 5.77.